The minimum absolute atomic E-state index is 0.0257. The Morgan fingerprint density at radius 2 is 1.84 bits per heavy atom. The van der Waals surface area contributed by atoms with Crippen LogP contribution in [-0.4, -0.2) is 27.7 Å². The van der Waals surface area contributed by atoms with E-state index >= 15 is 0 Å². The molecule has 0 saturated carbocycles. The second kappa shape index (κ2) is 10.9. The van der Waals surface area contributed by atoms with Crippen molar-refractivity contribution >= 4 is 17.2 Å². The Hall–Kier alpha value is -4.40. The Labute approximate surface area is 215 Å². The van der Waals surface area contributed by atoms with Gasteiger partial charge in [0.25, 0.3) is 0 Å². The molecule has 0 atom stereocenters. The zero-order valence-electron chi connectivity index (χ0n) is 20.1. The minimum atomic E-state index is -2.71. The highest BCUT2D eigenvalue weighted by atomic mass is 19.3. The molecular formula is C29H23F4N3O2. The number of carbonyl (C=O) groups excluding carboxylic acids is 1. The van der Waals surface area contributed by atoms with Crippen molar-refractivity contribution in [1.29, 1.82) is 0 Å². The Bertz CT molecular complexity index is 1590. The molecule has 3 aromatic carbocycles. The molecule has 0 bridgehead atoms. The van der Waals surface area contributed by atoms with E-state index in [0.717, 1.165) is 29.2 Å². The standard InChI is InChI=1S/C29H23F4N3O2/c30-24-7-6-20(38-28-22(14-27(32)33)21-8-9-34-26(21)15-25(28)31)13-23(24)29-35-16-19(36-29)12-18-4-1-3-17(11-18)5-2-10-37/h1,3-4,6-11,13,15-16,27,34H,2,5,12,14H2,(H,35,36). The van der Waals surface area contributed by atoms with E-state index in [1.54, 1.807) is 12.3 Å². The highest BCUT2D eigenvalue weighted by Gasteiger charge is 2.21. The molecule has 0 amide bonds. The molecule has 0 fully saturated rings. The Balaban J connectivity index is 1.41. The lowest BCUT2D eigenvalue weighted by Gasteiger charge is -2.14. The number of aromatic nitrogens is 3. The molecule has 5 aromatic rings. The first-order chi connectivity index (χ1) is 18.4. The number of hydrogen-bond donors (Lipinski definition) is 2. The number of aryl methyl sites for hydroxylation is 1. The van der Waals surface area contributed by atoms with Gasteiger partial charge >= 0.3 is 0 Å². The molecule has 0 spiro atoms. The summed E-state index contributed by atoms with van der Waals surface area (Å²) in [5, 5.41) is 0.426. The molecule has 2 N–H and O–H groups in total. The monoisotopic (exact) mass is 521 g/mol. The number of aromatic amines is 2. The van der Waals surface area contributed by atoms with E-state index in [0.29, 0.717) is 30.2 Å². The maximum atomic E-state index is 14.9. The lowest BCUT2D eigenvalue weighted by Crippen LogP contribution is -2.03. The quantitative estimate of drug-likeness (QED) is 0.151. The zero-order valence-corrected chi connectivity index (χ0v) is 20.1. The lowest BCUT2D eigenvalue weighted by atomic mass is 10.0. The molecule has 0 aliphatic carbocycles. The van der Waals surface area contributed by atoms with E-state index in [-0.39, 0.29) is 28.5 Å². The molecule has 38 heavy (non-hydrogen) atoms. The normalized spacial score (nSPS) is 11.4. The number of alkyl halides is 2. The average Bonchev–Trinajstić information content (AvgIpc) is 3.55. The van der Waals surface area contributed by atoms with Crippen LogP contribution < -0.4 is 4.74 Å². The molecule has 5 nitrogen and oxygen atoms in total. The molecule has 194 valence electrons. The van der Waals surface area contributed by atoms with Crippen molar-refractivity contribution in [2.45, 2.75) is 32.1 Å². The summed E-state index contributed by atoms with van der Waals surface area (Å²) < 4.78 is 62.0. The summed E-state index contributed by atoms with van der Waals surface area (Å²) in [5.74, 6) is -1.40. The van der Waals surface area contributed by atoms with Gasteiger partial charge in [-0.2, -0.15) is 0 Å². The van der Waals surface area contributed by atoms with E-state index in [1.807, 2.05) is 24.3 Å². The number of hydrogen-bond acceptors (Lipinski definition) is 3. The first kappa shape index (κ1) is 25.3. The summed E-state index contributed by atoms with van der Waals surface area (Å²) in [6.45, 7) is 0. The third-order valence-electron chi connectivity index (χ3n) is 6.20. The van der Waals surface area contributed by atoms with Gasteiger partial charge in [-0.1, -0.05) is 24.3 Å². The Morgan fingerprint density at radius 1 is 1.00 bits per heavy atom. The fourth-order valence-electron chi connectivity index (χ4n) is 4.48. The molecular weight excluding hydrogens is 498 g/mol. The molecule has 9 heteroatoms. The third-order valence-corrected chi connectivity index (χ3v) is 6.20. The van der Waals surface area contributed by atoms with Gasteiger partial charge in [0.15, 0.2) is 11.6 Å². The predicted molar refractivity (Wildman–Crippen MR) is 136 cm³/mol. The summed E-state index contributed by atoms with van der Waals surface area (Å²) in [6, 6.07) is 14.4. The van der Waals surface area contributed by atoms with Crippen LogP contribution in [-0.2, 0) is 24.1 Å². The van der Waals surface area contributed by atoms with Crippen LogP contribution in [0.2, 0.25) is 0 Å². The molecule has 5 rings (SSSR count). The summed E-state index contributed by atoms with van der Waals surface area (Å²) in [6.07, 6.45) is 2.21. The van der Waals surface area contributed by atoms with Crippen molar-refractivity contribution in [3.63, 3.8) is 0 Å². The van der Waals surface area contributed by atoms with Crippen LogP contribution in [0.25, 0.3) is 22.3 Å². The molecule has 0 radical (unpaired) electrons. The van der Waals surface area contributed by atoms with Crippen LogP contribution in [0.5, 0.6) is 11.5 Å². The smallest absolute Gasteiger partial charge is 0.242 e. The van der Waals surface area contributed by atoms with Crippen LogP contribution in [0.4, 0.5) is 17.6 Å². The number of H-pyrrole nitrogens is 2. The van der Waals surface area contributed by atoms with Crippen LogP contribution in [0.1, 0.15) is 28.8 Å². The number of carbonyl (C=O) groups is 1. The minimum Gasteiger partial charge on any atom is -0.454 e. The molecule has 2 aromatic heterocycles. The molecule has 0 unspecified atom stereocenters. The maximum Gasteiger partial charge on any atom is 0.242 e. The van der Waals surface area contributed by atoms with Crippen LogP contribution in [0.15, 0.2) is 67.0 Å². The fourth-order valence-corrected chi connectivity index (χ4v) is 4.48. The maximum absolute atomic E-state index is 14.9. The number of rotatable bonds is 10. The van der Waals surface area contributed by atoms with Crippen LogP contribution >= 0.6 is 0 Å². The van der Waals surface area contributed by atoms with E-state index < -0.39 is 24.5 Å². The number of nitrogens with zero attached hydrogens (tertiary/aromatic N) is 1. The van der Waals surface area contributed by atoms with Crippen molar-refractivity contribution in [2.75, 3.05) is 0 Å². The summed E-state index contributed by atoms with van der Waals surface area (Å²) >= 11 is 0. The van der Waals surface area contributed by atoms with Gasteiger partial charge in [0.05, 0.1) is 5.56 Å². The number of halogens is 4. The first-order valence-corrected chi connectivity index (χ1v) is 12.0. The van der Waals surface area contributed by atoms with E-state index in [4.69, 9.17) is 4.74 Å². The van der Waals surface area contributed by atoms with Gasteiger partial charge in [-0.25, -0.2) is 22.5 Å². The number of nitrogens with one attached hydrogen (secondary N) is 2. The highest BCUT2D eigenvalue weighted by molar-refractivity contribution is 5.85. The van der Waals surface area contributed by atoms with Crippen molar-refractivity contribution in [3.05, 3.63) is 101 Å². The lowest BCUT2D eigenvalue weighted by molar-refractivity contribution is -0.107. The van der Waals surface area contributed by atoms with Crippen molar-refractivity contribution < 1.29 is 27.1 Å². The van der Waals surface area contributed by atoms with Crippen molar-refractivity contribution in [2.24, 2.45) is 0 Å². The van der Waals surface area contributed by atoms with Gasteiger partial charge in [0, 0.05) is 59.9 Å². The van der Waals surface area contributed by atoms with Gasteiger partial charge < -0.3 is 19.5 Å². The fraction of sp³-hybridized carbons (Fsp3) is 0.172. The van der Waals surface area contributed by atoms with Gasteiger partial charge in [-0.15, -0.1) is 0 Å². The summed E-state index contributed by atoms with van der Waals surface area (Å²) in [7, 11) is 0. The number of aldehydes is 1. The average molecular weight is 522 g/mol. The number of ether oxygens (including phenoxy) is 1. The predicted octanol–water partition coefficient (Wildman–Crippen LogP) is 7.16. The first-order valence-electron chi connectivity index (χ1n) is 12.0. The largest absolute Gasteiger partial charge is 0.454 e. The third kappa shape index (κ3) is 5.46. The summed E-state index contributed by atoms with van der Waals surface area (Å²) in [5.41, 5.74) is 3.28. The van der Waals surface area contributed by atoms with E-state index in [9.17, 15) is 22.4 Å². The van der Waals surface area contributed by atoms with Gasteiger partial charge in [0.2, 0.25) is 6.43 Å². The molecule has 0 saturated heterocycles. The highest BCUT2D eigenvalue weighted by Crippen LogP contribution is 2.37. The van der Waals surface area contributed by atoms with Crippen LogP contribution in [0.3, 0.4) is 0 Å². The van der Waals surface area contributed by atoms with E-state index in [2.05, 4.69) is 15.0 Å². The van der Waals surface area contributed by atoms with Gasteiger partial charge in [-0.3, -0.25) is 0 Å². The van der Waals surface area contributed by atoms with Gasteiger partial charge in [0.1, 0.15) is 23.7 Å². The van der Waals surface area contributed by atoms with Crippen molar-refractivity contribution in [1.82, 2.24) is 15.0 Å². The molecule has 0 aliphatic heterocycles. The molecule has 2 heterocycles. The van der Waals surface area contributed by atoms with Gasteiger partial charge in [-0.05, 0) is 41.8 Å². The van der Waals surface area contributed by atoms with Crippen molar-refractivity contribution in [3.8, 4) is 22.9 Å². The Morgan fingerprint density at radius 3 is 2.66 bits per heavy atom. The molecule has 0 aliphatic rings. The Kier molecular flexibility index (Phi) is 7.26. The topological polar surface area (TPSA) is 70.8 Å². The second-order valence-electron chi connectivity index (χ2n) is 8.90. The number of benzene rings is 3. The SMILES string of the molecule is O=CCCc1cccc(Cc2cnc(-c3cc(Oc4c(F)cc5[nH]ccc5c4CC(F)F)ccc3F)[nH]2)c1. The summed E-state index contributed by atoms with van der Waals surface area (Å²) in [4.78, 5) is 20.9. The number of fused-ring (bicyclic) bond motifs is 1. The zero-order chi connectivity index (χ0) is 26.6. The van der Waals surface area contributed by atoms with E-state index in [1.165, 1.54) is 24.4 Å². The van der Waals surface area contributed by atoms with Crippen LogP contribution in [0, 0.1) is 11.6 Å². The number of imidazole rings is 1. The second-order valence-corrected chi connectivity index (χ2v) is 8.90.